The van der Waals surface area contributed by atoms with Crippen molar-refractivity contribution in [2.45, 2.75) is 30.7 Å². The lowest BCUT2D eigenvalue weighted by Crippen LogP contribution is -2.29. The van der Waals surface area contributed by atoms with Gasteiger partial charge in [-0.1, -0.05) is 24.3 Å². The maximum absolute atomic E-state index is 12.1. The molecule has 0 saturated carbocycles. The van der Waals surface area contributed by atoms with E-state index in [2.05, 4.69) is 16.9 Å². The molecule has 1 atom stereocenters. The summed E-state index contributed by atoms with van der Waals surface area (Å²) in [5, 5.41) is 0. The molecule has 1 aromatic rings. The second-order valence-electron chi connectivity index (χ2n) is 4.85. The fourth-order valence-corrected chi connectivity index (χ4v) is 3.27. The van der Waals surface area contributed by atoms with Crippen LogP contribution in [-0.2, 0) is 16.6 Å². The van der Waals surface area contributed by atoms with Crippen LogP contribution in [0.3, 0.4) is 0 Å². The quantitative estimate of drug-likeness (QED) is 0.808. The molecule has 0 bridgehead atoms. The first kappa shape index (κ1) is 14.2. The molecule has 0 radical (unpaired) electrons. The van der Waals surface area contributed by atoms with E-state index in [1.807, 2.05) is 0 Å². The summed E-state index contributed by atoms with van der Waals surface area (Å²) in [6.07, 6.45) is 7.31. The van der Waals surface area contributed by atoms with Gasteiger partial charge in [0.05, 0.1) is 4.90 Å². The van der Waals surface area contributed by atoms with E-state index in [4.69, 9.17) is 5.73 Å². The number of hydrogen-bond acceptors (Lipinski definition) is 3. The van der Waals surface area contributed by atoms with Gasteiger partial charge in [-0.2, -0.15) is 0 Å². The number of hydrogen-bond donors (Lipinski definition) is 2. The summed E-state index contributed by atoms with van der Waals surface area (Å²) in [7, 11) is -3.40. The molecule has 1 aliphatic carbocycles. The third-order valence-corrected chi connectivity index (χ3v) is 4.85. The number of sulfonamides is 1. The van der Waals surface area contributed by atoms with E-state index in [-0.39, 0.29) is 0 Å². The molecule has 0 amide bonds. The number of allylic oxidation sites excluding steroid dienone is 2. The van der Waals surface area contributed by atoms with Crippen LogP contribution < -0.4 is 10.5 Å². The Labute approximate surface area is 114 Å². The van der Waals surface area contributed by atoms with Gasteiger partial charge in [0, 0.05) is 13.1 Å². The molecular formula is C14H20N2O2S. The van der Waals surface area contributed by atoms with Gasteiger partial charge in [-0.25, -0.2) is 13.1 Å². The second kappa shape index (κ2) is 6.32. The second-order valence-corrected chi connectivity index (χ2v) is 6.62. The normalized spacial score (nSPS) is 19.5. The Kier molecular flexibility index (Phi) is 4.74. The topological polar surface area (TPSA) is 72.2 Å². The highest BCUT2D eigenvalue weighted by Gasteiger charge is 2.17. The van der Waals surface area contributed by atoms with Crippen molar-refractivity contribution in [3.8, 4) is 0 Å². The van der Waals surface area contributed by atoms with E-state index in [0.717, 1.165) is 24.8 Å². The molecule has 3 N–H and O–H groups in total. The predicted molar refractivity (Wildman–Crippen MR) is 76.0 cm³/mol. The molecule has 0 aliphatic heterocycles. The minimum atomic E-state index is -3.40. The summed E-state index contributed by atoms with van der Waals surface area (Å²) in [6.45, 7) is 0.924. The van der Waals surface area contributed by atoms with E-state index < -0.39 is 10.0 Å². The number of nitrogens with two attached hydrogens (primary N) is 1. The molecule has 0 spiro atoms. The van der Waals surface area contributed by atoms with Crippen LogP contribution in [0.4, 0.5) is 0 Å². The Morgan fingerprint density at radius 2 is 1.95 bits per heavy atom. The van der Waals surface area contributed by atoms with Crippen LogP contribution in [-0.4, -0.2) is 15.0 Å². The van der Waals surface area contributed by atoms with Gasteiger partial charge in [0.1, 0.15) is 0 Å². The highest BCUT2D eigenvalue weighted by atomic mass is 32.2. The predicted octanol–water partition coefficient (Wildman–Crippen LogP) is 1.78. The van der Waals surface area contributed by atoms with Crippen molar-refractivity contribution in [2.75, 3.05) is 6.54 Å². The molecular weight excluding hydrogens is 260 g/mol. The third-order valence-electron chi connectivity index (χ3n) is 3.41. The van der Waals surface area contributed by atoms with Gasteiger partial charge in [-0.05, 0) is 42.9 Å². The van der Waals surface area contributed by atoms with Crippen molar-refractivity contribution in [1.29, 1.82) is 0 Å². The monoisotopic (exact) mass is 280 g/mol. The zero-order valence-electron chi connectivity index (χ0n) is 10.9. The summed E-state index contributed by atoms with van der Waals surface area (Å²) in [6, 6.07) is 6.70. The molecule has 0 fully saturated rings. The summed E-state index contributed by atoms with van der Waals surface area (Å²) in [5.41, 5.74) is 6.42. The Bertz CT molecular complexity index is 535. The van der Waals surface area contributed by atoms with Crippen LogP contribution in [0.5, 0.6) is 0 Å². The van der Waals surface area contributed by atoms with Crippen molar-refractivity contribution in [3.63, 3.8) is 0 Å². The lowest BCUT2D eigenvalue weighted by molar-refractivity contribution is 0.468. The fourth-order valence-electron chi connectivity index (χ4n) is 2.16. The minimum absolute atomic E-state index is 0.302. The van der Waals surface area contributed by atoms with Gasteiger partial charge >= 0.3 is 0 Å². The molecule has 1 unspecified atom stereocenters. The van der Waals surface area contributed by atoms with Crippen LogP contribution in [0, 0.1) is 5.92 Å². The summed E-state index contributed by atoms with van der Waals surface area (Å²) < 4.78 is 26.9. The molecule has 19 heavy (non-hydrogen) atoms. The lowest BCUT2D eigenvalue weighted by Gasteiger charge is -2.18. The van der Waals surface area contributed by atoms with Crippen LogP contribution in [0.25, 0.3) is 0 Å². The van der Waals surface area contributed by atoms with Crippen molar-refractivity contribution in [3.05, 3.63) is 42.0 Å². The summed E-state index contributed by atoms with van der Waals surface area (Å²) >= 11 is 0. The highest BCUT2D eigenvalue weighted by Crippen LogP contribution is 2.18. The smallest absolute Gasteiger partial charge is 0.240 e. The largest absolute Gasteiger partial charge is 0.326 e. The van der Waals surface area contributed by atoms with Crippen molar-refractivity contribution in [2.24, 2.45) is 11.7 Å². The molecule has 0 saturated heterocycles. The van der Waals surface area contributed by atoms with E-state index in [9.17, 15) is 8.42 Å². The number of rotatable bonds is 5. The maximum Gasteiger partial charge on any atom is 0.240 e. The minimum Gasteiger partial charge on any atom is -0.326 e. The van der Waals surface area contributed by atoms with E-state index >= 15 is 0 Å². The molecule has 1 aromatic carbocycles. The van der Waals surface area contributed by atoms with E-state index in [1.54, 1.807) is 24.3 Å². The first-order chi connectivity index (χ1) is 9.12. The number of benzene rings is 1. The number of nitrogens with one attached hydrogen (secondary N) is 1. The first-order valence-electron chi connectivity index (χ1n) is 6.55. The van der Waals surface area contributed by atoms with Gasteiger partial charge < -0.3 is 5.73 Å². The summed E-state index contributed by atoms with van der Waals surface area (Å²) in [5.74, 6) is 0.406. The Morgan fingerprint density at radius 1 is 1.21 bits per heavy atom. The van der Waals surface area contributed by atoms with Gasteiger partial charge in [-0.3, -0.25) is 0 Å². The lowest BCUT2D eigenvalue weighted by atomic mass is 9.95. The van der Waals surface area contributed by atoms with Gasteiger partial charge in [0.25, 0.3) is 0 Å². The first-order valence-corrected chi connectivity index (χ1v) is 8.04. The Hall–Kier alpha value is -1.17. The van der Waals surface area contributed by atoms with Crippen molar-refractivity contribution in [1.82, 2.24) is 4.72 Å². The average Bonchev–Trinajstić information content (AvgIpc) is 2.46. The van der Waals surface area contributed by atoms with Crippen LogP contribution in [0.15, 0.2) is 41.3 Å². The van der Waals surface area contributed by atoms with Gasteiger partial charge in [-0.15, -0.1) is 0 Å². The molecule has 2 rings (SSSR count). The molecule has 0 heterocycles. The standard InChI is InChI=1S/C14H20N2O2S/c15-10-12-6-8-14(9-7-12)19(17,18)16-11-13-4-2-1-3-5-13/h1-2,6-9,13,16H,3-5,10-11,15H2. The maximum atomic E-state index is 12.1. The summed E-state index contributed by atoms with van der Waals surface area (Å²) in [4.78, 5) is 0.302. The molecule has 1 aliphatic rings. The SMILES string of the molecule is NCc1ccc(S(=O)(=O)NCC2CC=CCC2)cc1. The molecule has 104 valence electrons. The third kappa shape index (κ3) is 3.89. The zero-order chi connectivity index (χ0) is 13.7. The fraction of sp³-hybridized carbons (Fsp3) is 0.429. The zero-order valence-corrected chi connectivity index (χ0v) is 11.7. The van der Waals surface area contributed by atoms with E-state index in [0.29, 0.717) is 23.9 Å². The van der Waals surface area contributed by atoms with Crippen molar-refractivity contribution < 1.29 is 8.42 Å². The van der Waals surface area contributed by atoms with Crippen LogP contribution >= 0.6 is 0 Å². The van der Waals surface area contributed by atoms with Crippen LogP contribution in [0.1, 0.15) is 24.8 Å². The van der Waals surface area contributed by atoms with E-state index in [1.165, 1.54) is 0 Å². The molecule has 4 nitrogen and oxygen atoms in total. The van der Waals surface area contributed by atoms with Gasteiger partial charge in [0.2, 0.25) is 10.0 Å². The Morgan fingerprint density at radius 3 is 2.53 bits per heavy atom. The molecule has 0 aromatic heterocycles. The van der Waals surface area contributed by atoms with Crippen LogP contribution in [0.2, 0.25) is 0 Å². The highest BCUT2D eigenvalue weighted by molar-refractivity contribution is 7.89. The van der Waals surface area contributed by atoms with Crippen molar-refractivity contribution >= 4 is 10.0 Å². The molecule has 5 heteroatoms. The average molecular weight is 280 g/mol. The Balaban J connectivity index is 1.98. The van der Waals surface area contributed by atoms with Gasteiger partial charge in [0.15, 0.2) is 0 Å².